The van der Waals surface area contributed by atoms with E-state index in [0.29, 0.717) is 0 Å². The molecule has 1 aliphatic rings. The van der Waals surface area contributed by atoms with E-state index in [1.54, 1.807) is 0 Å². The van der Waals surface area contributed by atoms with Gasteiger partial charge in [0.15, 0.2) is 0 Å². The minimum Gasteiger partial charge on any atom is -0.313 e. The molecule has 0 radical (unpaired) electrons. The van der Waals surface area contributed by atoms with Crippen LogP contribution in [0.2, 0.25) is 0 Å². The molecule has 0 atom stereocenters. The van der Waals surface area contributed by atoms with Crippen molar-refractivity contribution in [1.82, 2.24) is 15.3 Å². The highest BCUT2D eigenvalue weighted by atomic mass is 14.9. The number of rotatable bonds is 2. The molecule has 1 aromatic heterocycles. The van der Waals surface area contributed by atoms with Gasteiger partial charge in [0.1, 0.15) is 5.82 Å². The van der Waals surface area contributed by atoms with E-state index in [2.05, 4.69) is 21.4 Å². The van der Waals surface area contributed by atoms with Crippen molar-refractivity contribution >= 4 is 0 Å². The van der Waals surface area contributed by atoms with Gasteiger partial charge in [-0.25, -0.2) is 9.97 Å². The Hall–Kier alpha value is -1.22. The fraction of sp³-hybridized carbons (Fsp3) is 0.455. The van der Waals surface area contributed by atoms with Crippen LogP contribution in [-0.4, -0.2) is 23.1 Å². The van der Waals surface area contributed by atoms with Crippen molar-refractivity contribution in [3.05, 3.63) is 35.4 Å². The van der Waals surface area contributed by atoms with Crippen molar-refractivity contribution in [2.24, 2.45) is 0 Å². The maximum atomic E-state index is 4.39. The van der Waals surface area contributed by atoms with Crippen molar-refractivity contribution < 1.29 is 0 Å². The van der Waals surface area contributed by atoms with Crippen molar-refractivity contribution in [2.45, 2.75) is 19.8 Å². The summed E-state index contributed by atoms with van der Waals surface area (Å²) in [4.78, 5) is 8.64. The quantitative estimate of drug-likeness (QED) is 0.711. The average molecular weight is 189 g/mol. The minimum absolute atomic E-state index is 0.884. The molecule has 2 heterocycles. The second kappa shape index (κ2) is 4.33. The lowest BCUT2D eigenvalue weighted by atomic mass is 10.1. The van der Waals surface area contributed by atoms with Gasteiger partial charge in [-0.15, -0.1) is 0 Å². The maximum absolute atomic E-state index is 4.39. The molecule has 74 valence electrons. The summed E-state index contributed by atoms with van der Waals surface area (Å²) in [5.41, 5.74) is 2.45. The SMILES string of the molecule is Cc1ccnc(CC2=CCCNC2)n1. The molecular weight excluding hydrogens is 174 g/mol. The highest BCUT2D eigenvalue weighted by Crippen LogP contribution is 2.07. The van der Waals surface area contributed by atoms with Crippen molar-refractivity contribution in [2.75, 3.05) is 13.1 Å². The Labute approximate surface area is 84.3 Å². The second-order valence-corrected chi connectivity index (χ2v) is 3.62. The topological polar surface area (TPSA) is 37.8 Å². The Balaban J connectivity index is 2.06. The van der Waals surface area contributed by atoms with Crippen LogP contribution in [0.1, 0.15) is 17.9 Å². The molecule has 0 spiro atoms. The van der Waals surface area contributed by atoms with Crippen LogP contribution in [0.25, 0.3) is 0 Å². The highest BCUT2D eigenvalue weighted by molar-refractivity contribution is 5.14. The smallest absolute Gasteiger partial charge is 0.132 e. The Morgan fingerprint density at radius 1 is 1.50 bits per heavy atom. The predicted octanol–water partition coefficient (Wildman–Crippen LogP) is 1.25. The minimum atomic E-state index is 0.884. The van der Waals surface area contributed by atoms with Crippen molar-refractivity contribution in [1.29, 1.82) is 0 Å². The number of aryl methyl sites for hydroxylation is 1. The van der Waals surface area contributed by atoms with Crippen LogP contribution in [0, 0.1) is 6.92 Å². The monoisotopic (exact) mass is 189 g/mol. The largest absolute Gasteiger partial charge is 0.313 e. The zero-order chi connectivity index (χ0) is 9.80. The maximum Gasteiger partial charge on any atom is 0.132 e. The number of hydrogen-bond donors (Lipinski definition) is 1. The first-order chi connectivity index (χ1) is 6.84. The first-order valence-electron chi connectivity index (χ1n) is 5.02. The van der Waals surface area contributed by atoms with Crippen LogP contribution in [0.4, 0.5) is 0 Å². The molecular formula is C11H15N3. The van der Waals surface area contributed by atoms with Crippen LogP contribution in [-0.2, 0) is 6.42 Å². The van der Waals surface area contributed by atoms with Crippen LogP contribution >= 0.6 is 0 Å². The zero-order valence-corrected chi connectivity index (χ0v) is 8.45. The predicted molar refractivity (Wildman–Crippen MR) is 56.0 cm³/mol. The summed E-state index contributed by atoms with van der Waals surface area (Å²) in [6.07, 6.45) is 6.13. The lowest BCUT2D eigenvalue weighted by Gasteiger charge is -2.13. The average Bonchev–Trinajstić information content (AvgIpc) is 2.19. The van der Waals surface area contributed by atoms with Gasteiger partial charge >= 0.3 is 0 Å². The molecule has 0 unspecified atom stereocenters. The van der Waals surface area contributed by atoms with E-state index in [0.717, 1.165) is 37.4 Å². The molecule has 0 aliphatic carbocycles. The standard InChI is InChI=1S/C11H15N3/c1-9-4-6-13-11(14-9)7-10-3-2-5-12-8-10/h3-4,6,12H,2,5,7-8H2,1H3. The van der Waals surface area contributed by atoms with Crippen LogP contribution < -0.4 is 5.32 Å². The molecule has 0 bridgehead atoms. The van der Waals surface area contributed by atoms with Gasteiger partial charge in [-0.05, 0) is 26.0 Å². The van der Waals surface area contributed by atoms with E-state index in [9.17, 15) is 0 Å². The second-order valence-electron chi connectivity index (χ2n) is 3.62. The van der Waals surface area contributed by atoms with Crippen molar-refractivity contribution in [3.63, 3.8) is 0 Å². The number of nitrogens with one attached hydrogen (secondary N) is 1. The van der Waals surface area contributed by atoms with Gasteiger partial charge < -0.3 is 5.32 Å². The third-order valence-corrected chi connectivity index (χ3v) is 2.34. The van der Waals surface area contributed by atoms with Gasteiger partial charge in [0, 0.05) is 24.9 Å². The Morgan fingerprint density at radius 2 is 2.43 bits per heavy atom. The molecule has 0 saturated carbocycles. The Kier molecular flexibility index (Phi) is 2.89. The van der Waals surface area contributed by atoms with Gasteiger partial charge in [-0.3, -0.25) is 0 Å². The molecule has 3 heteroatoms. The molecule has 2 rings (SSSR count). The fourth-order valence-electron chi connectivity index (χ4n) is 1.62. The molecule has 1 aliphatic heterocycles. The number of hydrogen-bond acceptors (Lipinski definition) is 3. The number of nitrogens with zero attached hydrogens (tertiary/aromatic N) is 2. The third-order valence-electron chi connectivity index (χ3n) is 2.34. The summed E-state index contributed by atoms with van der Waals surface area (Å²) in [6.45, 7) is 4.08. The van der Waals surface area contributed by atoms with Crippen molar-refractivity contribution in [3.8, 4) is 0 Å². The van der Waals surface area contributed by atoms with E-state index in [1.807, 2.05) is 19.2 Å². The molecule has 14 heavy (non-hydrogen) atoms. The van der Waals surface area contributed by atoms with E-state index >= 15 is 0 Å². The summed E-state index contributed by atoms with van der Waals surface area (Å²) in [7, 11) is 0. The molecule has 0 saturated heterocycles. The number of aromatic nitrogens is 2. The van der Waals surface area contributed by atoms with E-state index in [1.165, 1.54) is 5.57 Å². The van der Waals surface area contributed by atoms with Crippen LogP contribution in [0.3, 0.4) is 0 Å². The third kappa shape index (κ3) is 2.39. The fourth-order valence-corrected chi connectivity index (χ4v) is 1.62. The molecule has 1 N–H and O–H groups in total. The Bertz CT molecular complexity index is 344. The summed E-state index contributed by atoms with van der Waals surface area (Å²) in [5.74, 6) is 0.931. The summed E-state index contributed by atoms with van der Waals surface area (Å²) in [5, 5.41) is 3.35. The van der Waals surface area contributed by atoms with Gasteiger partial charge in [-0.2, -0.15) is 0 Å². The zero-order valence-electron chi connectivity index (χ0n) is 8.45. The first kappa shape index (κ1) is 9.34. The summed E-state index contributed by atoms with van der Waals surface area (Å²) >= 11 is 0. The van der Waals surface area contributed by atoms with Gasteiger partial charge in [0.05, 0.1) is 0 Å². The highest BCUT2D eigenvalue weighted by Gasteiger charge is 2.05. The van der Waals surface area contributed by atoms with Crippen LogP contribution in [0.15, 0.2) is 23.9 Å². The lowest BCUT2D eigenvalue weighted by Crippen LogP contribution is -2.23. The Morgan fingerprint density at radius 3 is 3.14 bits per heavy atom. The summed E-state index contributed by atoms with van der Waals surface area (Å²) in [6, 6.07) is 1.93. The molecule has 0 fully saturated rings. The van der Waals surface area contributed by atoms with Gasteiger partial charge in [0.25, 0.3) is 0 Å². The van der Waals surface area contributed by atoms with E-state index in [-0.39, 0.29) is 0 Å². The lowest BCUT2D eigenvalue weighted by molar-refractivity contribution is 0.684. The van der Waals surface area contributed by atoms with Gasteiger partial charge in [-0.1, -0.05) is 11.6 Å². The van der Waals surface area contributed by atoms with E-state index in [4.69, 9.17) is 0 Å². The normalized spacial score (nSPS) is 16.5. The molecule has 3 nitrogen and oxygen atoms in total. The molecule has 0 amide bonds. The van der Waals surface area contributed by atoms with E-state index < -0.39 is 0 Å². The first-order valence-corrected chi connectivity index (χ1v) is 5.02. The molecule has 0 aromatic carbocycles. The summed E-state index contributed by atoms with van der Waals surface area (Å²) < 4.78 is 0. The van der Waals surface area contributed by atoms with Crippen LogP contribution in [0.5, 0.6) is 0 Å². The molecule has 1 aromatic rings. The van der Waals surface area contributed by atoms with Gasteiger partial charge in [0.2, 0.25) is 0 Å².